The van der Waals surface area contributed by atoms with E-state index in [1.165, 1.54) is 25.6 Å². The molecule has 0 unspecified atom stereocenters. The van der Waals surface area contributed by atoms with Gasteiger partial charge >= 0.3 is 6.18 Å². The first kappa shape index (κ1) is 14.3. The summed E-state index contributed by atoms with van der Waals surface area (Å²) in [5.74, 6) is -1.07. The minimum Gasteiger partial charge on any atom is -0.478 e. The van der Waals surface area contributed by atoms with E-state index in [9.17, 15) is 17.6 Å². The van der Waals surface area contributed by atoms with Crippen LogP contribution in [0.15, 0.2) is 36.8 Å². The molecule has 0 bridgehead atoms. The number of aromatic nitrogens is 3. The van der Waals surface area contributed by atoms with Crippen molar-refractivity contribution in [3.8, 4) is 17.1 Å². The number of alkyl halides is 3. The summed E-state index contributed by atoms with van der Waals surface area (Å²) in [6.07, 6.45) is -0.288. The third-order valence-electron chi connectivity index (χ3n) is 3.16. The van der Waals surface area contributed by atoms with E-state index < -0.39 is 17.6 Å². The quantitative estimate of drug-likeness (QED) is 0.679. The first-order valence-corrected chi connectivity index (χ1v) is 6.15. The molecule has 0 amide bonds. The van der Waals surface area contributed by atoms with Crippen molar-refractivity contribution in [2.45, 2.75) is 6.18 Å². The summed E-state index contributed by atoms with van der Waals surface area (Å²) in [7, 11) is 1.43. The van der Waals surface area contributed by atoms with E-state index in [4.69, 9.17) is 4.74 Å². The van der Waals surface area contributed by atoms with Gasteiger partial charge in [0.25, 0.3) is 5.88 Å². The van der Waals surface area contributed by atoms with Crippen LogP contribution in [0.3, 0.4) is 0 Å². The van der Waals surface area contributed by atoms with Crippen molar-refractivity contribution in [2.24, 2.45) is 0 Å². The number of methoxy groups -OCH3 is 1. The number of hydrogen-bond donors (Lipinski definition) is 0. The van der Waals surface area contributed by atoms with Gasteiger partial charge < -0.3 is 4.74 Å². The highest BCUT2D eigenvalue weighted by Gasteiger charge is 2.34. The summed E-state index contributed by atoms with van der Waals surface area (Å²) >= 11 is 0. The van der Waals surface area contributed by atoms with Gasteiger partial charge in [-0.05, 0) is 12.1 Å². The van der Waals surface area contributed by atoms with Crippen molar-refractivity contribution in [2.75, 3.05) is 7.11 Å². The smallest absolute Gasteiger partial charge is 0.419 e. The van der Waals surface area contributed by atoms with Gasteiger partial charge in [-0.2, -0.15) is 13.2 Å². The molecular formula is C14H9F4N3O. The second-order valence-corrected chi connectivity index (χ2v) is 4.47. The zero-order chi connectivity index (χ0) is 15.9. The molecule has 0 fully saturated rings. The average molecular weight is 311 g/mol. The van der Waals surface area contributed by atoms with Crippen molar-refractivity contribution in [3.05, 3.63) is 48.2 Å². The zero-order valence-electron chi connectivity index (χ0n) is 11.2. The number of fused-ring (bicyclic) bond motifs is 1. The van der Waals surface area contributed by atoms with Crippen LogP contribution in [0, 0.1) is 5.82 Å². The molecule has 0 spiro atoms. The fourth-order valence-corrected chi connectivity index (χ4v) is 2.16. The molecule has 0 aliphatic heterocycles. The Morgan fingerprint density at radius 2 is 1.95 bits per heavy atom. The predicted molar refractivity (Wildman–Crippen MR) is 69.9 cm³/mol. The molecule has 4 nitrogen and oxygen atoms in total. The second-order valence-electron chi connectivity index (χ2n) is 4.47. The lowest BCUT2D eigenvalue weighted by molar-refractivity contribution is -0.139. The lowest BCUT2D eigenvalue weighted by Crippen LogP contribution is -2.08. The van der Waals surface area contributed by atoms with E-state index in [1.807, 2.05) is 0 Å². The largest absolute Gasteiger partial charge is 0.478 e. The number of rotatable bonds is 2. The predicted octanol–water partition coefficient (Wildman–Crippen LogP) is 3.56. The van der Waals surface area contributed by atoms with Crippen molar-refractivity contribution >= 4 is 5.65 Å². The van der Waals surface area contributed by atoms with Crippen LogP contribution in [-0.2, 0) is 6.18 Å². The lowest BCUT2D eigenvalue weighted by Gasteiger charge is -2.09. The van der Waals surface area contributed by atoms with Crippen LogP contribution in [0.1, 0.15) is 5.56 Å². The average Bonchev–Trinajstić information content (AvgIpc) is 2.89. The molecule has 22 heavy (non-hydrogen) atoms. The van der Waals surface area contributed by atoms with Crippen molar-refractivity contribution < 1.29 is 22.3 Å². The van der Waals surface area contributed by atoms with Crippen LogP contribution in [-0.4, -0.2) is 21.5 Å². The maximum absolute atomic E-state index is 13.7. The highest BCUT2D eigenvalue weighted by molar-refractivity contribution is 5.66. The number of nitrogens with zero attached hydrogens (tertiary/aromatic N) is 3. The van der Waals surface area contributed by atoms with Gasteiger partial charge in [0.2, 0.25) is 5.65 Å². The van der Waals surface area contributed by atoms with Gasteiger partial charge in [0.15, 0.2) is 0 Å². The minimum absolute atomic E-state index is 0.265. The summed E-state index contributed by atoms with van der Waals surface area (Å²) in [6.45, 7) is 0. The van der Waals surface area contributed by atoms with Gasteiger partial charge in [0, 0.05) is 18.0 Å². The second kappa shape index (κ2) is 4.97. The highest BCUT2D eigenvalue weighted by atomic mass is 19.4. The van der Waals surface area contributed by atoms with E-state index >= 15 is 0 Å². The number of benzene rings is 1. The Morgan fingerprint density at radius 3 is 2.59 bits per heavy atom. The maximum atomic E-state index is 13.7. The molecule has 2 aromatic heterocycles. The van der Waals surface area contributed by atoms with E-state index in [0.29, 0.717) is 17.4 Å². The first-order chi connectivity index (χ1) is 10.4. The molecule has 8 heteroatoms. The molecule has 1 aromatic carbocycles. The molecule has 114 valence electrons. The molecule has 0 radical (unpaired) electrons. The standard InChI is InChI=1S/C14H9F4N3O/c1-22-13-12-20-7-11(21(12)5-4-19-13)8-2-3-9(10(15)6-8)14(16,17)18/h2-7H,1H3. The molecule has 3 aromatic rings. The molecule has 0 saturated heterocycles. The van der Waals surface area contributed by atoms with Gasteiger partial charge in [-0.15, -0.1) is 0 Å². The van der Waals surface area contributed by atoms with Crippen molar-refractivity contribution in [1.82, 2.24) is 14.4 Å². The Kier molecular flexibility index (Phi) is 3.23. The van der Waals surface area contributed by atoms with Crippen LogP contribution in [0.2, 0.25) is 0 Å². The van der Waals surface area contributed by atoms with Crippen molar-refractivity contribution in [3.63, 3.8) is 0 Å². The van der Waals surface area contributed by atoms with E-state index in [1.54, 1.807) is 10.6 Å². The number of hydrogen-bond acceptors (Lipinski definition) is 3. The van der Waals surface area contributed by atoms with Crippen LogP contribution in [0.5, 0.6) is 5.88 Å². The van der Waals surface area contributed by atoms with Crippen LogP contribution in [0.25, 0.3) is 16.9 Å². The van der Waals surface area contributed by atoms with Gasteiger partial charge in [-0.25, -0.2) is 14.4 Å². The first-order valence-electron chi connectivity index (χ1n) is 6.15. The maximum Gasteiger partial charge on any atom is 0.419 e. The Morgan fingerprint density at radius 1 is 1.18 bits per heavy atom. The summed E-state index contributed by atoms with van der Waals surface area (Å²) in [5, 5.41) is 0. The summed E-state index contributed by atoms with van der Waals surface area (Å²) in [5.41, 5.74) is -0.209. The summed E-state index contributed by atoms with van der Waals surface area (Å²) < 4.78 is 58.1. The molecule has 0 aliphatic carbocycles. The lowest BCUT2D eigenvalue weighted by atomic mass is 10.1. The van der Waals surface area contributed by atoms with E-state index in [2.05, 4.69) is 9.97 Å². The SMILES string of the molecule is COc1nccn2c(-c3ccc(C(F)(F)F)c(F)c3)cnc12. The Labute approximate surface area is 122 Å². The molecular weight excluding hydrogens is 302 g/mol. The minimum atomic E-state index is -4.73. The number of halogens is 4. The molecule has 3 rings (SSSR count). The topological polar surface area (TPSA) is 39.4 Å². The van der Waals surface area contributed by atoms with Crippen LogP contribution < -0.4 is 4.74 Å². The van der Waals surface area contributed by atoms with Crippen LogP contribution >= 0.6 is 0 Å². The molecule has 0 atom stereocenters. The van der Waals surface area contributed by atoms with E-state index in [0.717, 1.165) is 6.07 Å². The van der Waals surface area contributed by atoms with Crippen molar-refractivity contribution in [1.29, 1.82) is 0 Å². The normalized spacial score (nSPS) is 11.9. The summed E-state index contributed by atoms with van der Waals surface area (Å²) in [4.78, 5) is 8.07. The van der Waals surface area contributed by atoms with E-state index in [-0.39, 0.29) is 11.4 Å². The number of imidazole rings is 1. The molecule has 0 saturated carbocycles. The van der Waals surface area contributed by atoms with Gasteiger partial charge in [-0.3, -0.25) is 4.40 Å². The molecule has 0 aliphatic rings. The molecule has 2 heterocycles. The van der Waals surface area contributed by atoms with Gasteiger partial charge in [-0.1, -0.05) is 6.07 Å². The zero-order valence-corrected chi connectivity index (χ0v) is 11.2. The fourth-order valence-electron chi connectivity index (χ4n) is 2.16. The number of ether oxygens (including phenoxy) is 1. The third-order valence-corrected chi connectivity index (χ3v) is 3.16. The summed E-state index contributed by atoms with van der Waals surface area (Å²) in [6, 6.07) is 2.74. The Balaban J connectivity index is 2.15. The van der Waals surface area contributed by atoms with Gasteiger partial charge in [0.05, 0.1) is 24.6 Å². The highest BCUT2D eigenvalue weighted by Crippen LogP contribution is 2.33. The third kappa shape index (κ3) is 2.26. The Bertz CT molecular complexity index is 842. The monoisotopic (exact) mass is 311 g/mol. The van der Waals surface area contributed by atoms with Gasteiger partial charge in [0.1, 0.15) is 5.82 Å². The fraction of sp³-hybridized carbons (Fsp3) is 0.143. The molecule has 0 N–H and O–H groups in total. The Hall–Kier alpha value is -2.64. The van der Waals surface area contributed by atoms with Crippen LogP contribution in [0.4, 0.5) is 17.6 Å².